The van der Waals surface area contributed by atoms with Crippen LogP contribution >= 0.6 is 0 Å². The van der Waals surface area contributed by atoms with Crippen molar-refractivity contribution in [1.82, 2.24) is 10.2 Å². The number of carbonyl (C=O) groups excluding carboxylic acids is 2. The van der Waals surface area contributed by atoms with Crippen molar-refractivity contribution in [3.05, 3.63) is 23.9 Å². The minimum atomic E-state index is -0.505. The minimum Gasteiger partial charge on any atom is -0.325 e. The summed E-state index contributed by atoms with van der Waals surface area (Å²) in [6.07, 6.45) is 6.99. The van der Waals surface area contributed by atoms with Crippen LogP contribution in [-0.4, -0.2) is 29.3 Å². The molecule has 96 valence electrons. The normalized spacial score (nSPS) is 36.9. The predicted octanol–water partition coefficient (Wildman–Crippen LogP) is 1.20. The van der Waals surface area contributed by atoms with Crippen LogP contribution in [0.3, 0.4) is 0 Å². The smallest absolute Gasteiger partial charge is 0.313 e. The Morgan fingerprint density at radius 2 is 2.06 bits per heavy atom. The van der Waals surface area contributed by atoms with Gasteiger partial charge >= 0.3 is 11.8 Å². The first-order valence-corrected chi connectivity index (χ1v) is 6.38. The van der Waals surface area contributed by atoms with Gasteiger partial charge in [-0.05, 0) is 17.9 Å². The van der Waals surface area contributed by atoms with E-state index < -0.39 is 11.8 Å². The van der Waals surface area contributed by atoms with E-state index in [-0.39, 0.29) is 16.9 Å². The van der Waals surface area contributed by atoms with Gasteiger partial charge in [0.05, 0.1) is 6.04 Å². The van der Waals surface area contributed by atoms with E-state index in [1.807, 2.05) is 12.2 Å². The molecule has 0 bridgehead atoms. The number of amides is 2. The first kappa shape index (κ1) is 11.5. The monoisotopic (exact) mass is 246 g/mol. The van der Waals surface area contributed by atoms with Gasteiger partial charge in [0.25, 0.3) is 0 Å². The lowest BCUT2D eigenvalue weighted by atomic mass is 9.56. The van der Waals surface area contributed by atoms with Gasteiger partial charge in [-0.3, -0.25) is 9.59 Å². The molecule has 0 aromatic carbocycles. The van der Waals surface area contributed by atoms with E-state index in [9.17, 15) is 9.59 Å². The molecule has 0 saturated carbocycles. The van der Waals surface area contributed by atoms with Gasteiger partial charge in [0.2, 0.25) is 0 Å². The van der Waals surface area contributed by atoms with Gasteiger partial charge in [-0.1, -0.05) is 32.9 Å². The molecule has 1 N–H and O–H groups in total. The predicted molar refractivity (Wildman–Crippen MR) is 67.4 cm³/mol. The Morgan fingerprint density at radius 3 is 2.78 bits per heavy atom. The molecule has 2 saturated heterocycles. The Morgan fingerprint density at radius 1 is 1.33 bits per heavy atom. The number of piperidine rings is 1. The van der Waals surface area contributed by atoms with Crippen LogP contribution in [0, 0.1) is 10.8 Å². The quantitative estimate of drug-likeness (QED) is 0.653. The number of nitrogens with one attached hydrogen (secondary N) is 1. The summed E-state index contributed by atoms with van der Waals surface area (Å²) < 4.78 is 0. The summed E-state index contributed by atoms with van der Waals surface area (Å²) >= 11 is 0. The molecule has 4 heteroatoms. The maximum absolute atomic E-state index is 12.0. The number of carbonyl (C=O) groups is 2. The molecule has 3 aliphatic rings. The summed E-state index contributed by atoms with van der Waals surface area (Å²) in [4.78, 5) is 25.4. The number of nitrogens with zero attached hydrogens (tertiary/aromatic N) is 1. The maximum Gasteiger partial charge on any atom is 0.313 e. The number of hydrogen-bond donors (Lipinski definition) is 1. The van der Waals surface area contributed by atoms with E-state index in [1.165, 1.54) is 0 Å². The first-order valence-electron chi connectivity index (χ1n) is 6.38. The molecular weight excluding hydrogens is 228 g/mol. The van der Waals surface area contributed by atoms with Crippen LogP contribution in [0.4, 0.5) is 0 Å². The maximum atomic E-state index is 12.0. The second kappa shape index (κ2) is 3.25. The van der Waals surface area contributed by atoms with E-state index in [0.29, 0.717) is 6.54 Å². The SMILES string of the molecule is CC1(C)CCN2C(=O)C(=O)NC3=CC=CC1(C)C32. The van der Waals surface area contributed by atoms with Crippen LogP contribution < -0.4 is 5.32 Å². The summed E-state index contributed by atoms with van der Waals surface area (Å²) in [5.74, 6) is -0.899. The van der Waals surface area contributed by atoms with Crippen molar-refractivity contribution in [2.75, 3.05) is 6.54 Å². The Kier molecular flexibility index (Phi) is 2.08. The number of allylic oxidation sites excluding steroid dienone is 2. The van der Waals surface area contributed by atoms with Gasteiger partial charge < -0.3 is 10.2 Å². The van der Waals surface area contributed by atoms with Crippen LogP contribution in [0.1, 0.15) is 27.2 Å². The number of hydrogen-bond acceptors (Lipinski definition) is 2. The van der Waals surface area contributed by atoms with Crippen molar-refractivity contribution in [1.29, 1.82) is 0 Å². The van der Waals surface area contributed by atoms with Crippen LogP contribution in [0.2, 0.25) is 0 Å². The fourth-order valence-corrected chi connectivity index (χ4v) is 3.39. The Hall–Kier alpha value is -1.58. The Balaban J connectivity index is 2.14. The highest BCUT2D eigenvalue weighted by molar-refractivity contribution is 6.36. The summed E-state index contributed by atoms with van der Waals surface area (Å²) in [5, 5.41) is 2.74. The number of rotatable bonds is 0. The topological polar surface area (TPSA) is 49.4 Å². The standard InChI is InChI=1S/C14H18N2O2/c1-13(2)7-8-16-10-9(15-11(17)12(16)18)5-4-6-14(10,13)3/h4-6,10H,7-8H2,1-3H3,(H,15,17). The molecule has 0 aromatic rings. The zero-order valence-corrected chi connectivity index (χ0v) is 11.0. The molecule has 0 spiro atoms. The lowest BCUT2D eigenvalue weighted by Gasteiger charge is -2.58. The summed E-state index contributed by atoms with van der Waals surface area (Å²) in [6, 6.07) is -0.0311. The Bertz CT molecular complexity index is 504. The average molecular weight is 246 g/mol. The van der Waals surface area contributed by atoms with E-state index in [1.54, 1.807) is 4.90 Å². The molecule has 18 heavy (non-hydrogen) atoms. The largest absolute Gasteiger partial charge is 0.325 e. The fourth-order valence-electron chi connectivity index (χ4n) is 3.39. The molecule has 3 rings (SSSR count). The van der Waals surface area contributed by atoms with E-state index in [2.05, 4.69) is 32.2 Å². The van der Waals surface area contributed by atoms with Gasteiger partial charge in [0.15, 0.2) is 0 Å². The summed E-state index contributed by atoms with van der Waals surface area (Å²) in [5.41, 5.74) is 0.836. The molecule has 2 heterocycles. The van der Waals surface area contributed by atoms with Crippen LogP contribution in [-0.2, 0) is 9.59 Å². The average Bonchev–Trinajstić information content (AvgIpc) is 2.29. The highest BCUT2D eigenvalue weighted by Gasteiger charge is 2.56. The van der Waals surface area contributed by atoms with Crippen molar-refractivity contribution in [3.8, 4) is 0 Å². The molecule has 2 atom stereocenters. The van der Waals surface area contributed by atoms with Crippen LogP contribution in [0.5, 0.6) is 0 Å². The van der Waals surface area contributed by atoms with Gasteiger partial charge in [-0.25, -0.2) is 0 Å². The van der Waals surface area contributed by atoms with Crippen molar-refractivity contribution in [2.45, 2.75) is 33.2 Å². The number of piperazine rings is 1. The lowest BCUT2D eigenvalue weighted by Crippen LogP contribution is -2.67. The summed E-state index contributed by atoms with van der Waals surface area (Å²) in [6.45, 7) is 7.31. The molecule has 2 aliphatic heterocycles. The van der Waals surface area contributed by atoms with Gasteiger partial charge in [-0.2, -0.15) is 0 Å². The van der Waals surface area contributed by atoms with Crippen LogP contribution in [0.15, 0.2) is 23.9 Å². The molecule has 0 aromatic heterocycles. The molecule has 2 fully saturated rings. The van der Waals surface area contributed by atoms with Gasteiger partial charge in [-0.15, -0.1) is 0 Å². The van der Waals surface area contributed by atoms with E-state index in [0.717, 1.165) is 12.1 Å². The zero-order chi connectivity index (χ0) is 13.1. The highest BCUT2D eigenvalue weighted by Crippen LogP contribution is 2.53. The van der Waals surface area contributed by atoms with Crippen molar-refractivity contribution >= 4 is 11.8 Å². The van der Waals surface area contributed by atoms with Crippen molar-refractivity contribution in [3.63, 3.8) is 0 Å². The third-order valence-electron chi connectivity index (χ3n) is 5.04. The van der Waals surface area contributed by atoms with Crippen LogP contribution in [0.25, 0.3) is 0 Å². The zero-order valence-electron chi connectivity index (χ0n) is 11.0. The molecular formula is C14H18N2O2. The molecule has 0 radical (unpaired) electrons. The fraction of sp³-hybridized carbons (Fsp3) is 0.571. The van der Waals surface area contributed by atoms with Gasteiger partial charge in [0.1, 0.15) is 0 Å². The second-order valence-electron chi connectivity index (χ2n) is 6.25. The lowest BCUT2D eigenvalue weighted by molar-refractivity contribution is -0.156. The van der Waals surface area contributed by atoms with Gasteiger partial charge in [0, 0.05) is 17.7 Å². The van der Waals surface area contributed by atoms with E-state index in [4.69, 9.17) is 0 Å². The Labute approximate surface area is 107 Å². The molecule has 1 aliphatic carbocycles. The third-order valence-corrected chi connectivity index (χ3v) is 5.04. The minimum absolute atomic E-state index is 0.0311. The first-order chi connectivity index (χ1) is 8.37. The van der Waals surface area contributed by atoms with E-state index >= 15 is 0 Å². The van der Waals surface area contributed by atoms with Crippen molar-refractivity contribution in [2.24, 2.45) is 10.8 Å². The highest BCUT2D eigenvalue weighted by atomic mass is 16.2. The van der Waals surface area contributed by atoms with Crippen molar-refractivity contribution < 1.29 is 9.59 Å². The summed E-state index contributed by atoms with van der Waals surface area (Å²) in [7, 11) is 0. The molecule has 4 nitrogen and oxygen atoms in total. The second-order valence-corrected chi connectivity index (χ2v) is 6.25. The third kappa shape index (κ3) is 1.21. The molecule has 2 amide bonds. The molecule has 2 unspecified atom stereocenters.